The summed E-state index contributed by atoms with van der Waals surface area (Å²) in [5, 5.41) is 0. The summed E-state index contributed by atoms with van der Waals surface area (Å²) >= 11 is 0. The molecular weight excluding hydrogens is 446 g/mol. The molecule has 1 atom stereocenters. The quantitative estimate of drug-likeness (QED) is 0.539. The Bertz CT molecular complexity index is 1090. The molecule has 5 rings (SSSR count). The SMILES string of the molecule is CCOc1cc(CN2CCN(c3cccc4c3C(=O)N(CC3CCCO3)C4=O)CC2)ccc1OC. The van der Waals surface area contributed by atoms with Gasteiger partial charge in [0.25, 0.3) is 11.8 Å². The molecule has 8 nitrogen and oxygen atoms in total. The Kier molecular flexibility index (Phi) is 6.92. The highest BCUT2D eigenvalue weighted by atomic mass is 16.5. The molecule has 186 valence electrons. The van der Waals surface area contributed by atoms with Crippen LogP contribution in [-0.2, 0) is 11.3 Å². The summed E-state index contributed by atoms with van der Waals surface area (Å²) in [4.78, 5) is 32.3. The number of hydrogen-bond acceptors (Lipinski definition) is 7. The van der Waals surface area contributed by atoms with E-state index in [2.05, 4.69) is 15.9 Å². The zero-order valence-electron chi connectivity index (χ0n) is 20.5. The molecule has 3 aliphatic rings. The van der Waals surface area contributed by atoms with Gasteiger partial charge in [-0.1, -0.05) is 12.1 Å². The Labute approximate surface area is 206 Å². The summed E-state index contributed by atoms with van der Waals surface area (Å²) in [6, 6.07) is 11.7. The van der Waals surface area contributed by atoms with Crippen LogP contribution in [0.3, 0.4) is 0 Å². The third-order valence-corrected chi connectivity index (χ3v) is 7.03. The number of ether oxygens (including phenoxy) is 3. The number of amides is 2. The van der Waals surface area contributed by atoms with Crippen LogP contribution < -0.4 is 14.4 Å². The van der Waals surface area contributed by atoms with Crippen molar-refractivity contribution in [3.63, 3.8) is 0 Å². The monoisotopic (exact) mass is 479 g/mol. The lowest BCUT2D eigenvalue weighted by atomic mass is 10.1. The first-order chi connectivity index (χ1) is 17.1. The molecule has 8 heteroatoms. The maximum atomic E-state index is 13.3. The standard InChI is InChI=1S/C27H33N3O5/c1-3-34-24-16-19(9-10-23(24)33-2)17-28-11-13-29(14-12-28)22-8-4-7-21-25(22)27(32)30(26(21)31)18-20-6-5-15-35-20/h4,7-10,16,20H,3,5-6,11-15,17-18H2,1-2H3. The predicted molar refractivity (Wildman–Crippen MR) is 132 cm³/mol. The Morgan fingerprint density at radius 2 is 1.86 bits per heavy atom. The molecule has 0 saturated carbocycles. The van der Waals surface area contributed by atoms with Gasteiger partial charge in [-0.05, 0) is 49.6 Å². The number of imide groups is 1. The number of fused-ring (bicyclic) bond motifs is 1. The first kappa shape index (κ1) is 23.6. The minimum Gasteiger partial charge on any atom is -0.493 e. The smallest absolute Gasteiger partial charge is 0.263 e. The minimum absolute atomic E-state index is 0.0506. The van der Waals surface area contributed by atoms with Gasteiger partial charge in [-0.2, -0.15) is 0 Å². The lowest BCUT2D eigenvalue weighted by Gasteiger charge is -2.36. The van der Waals surface area contributed by atoms with Gasteiger partial charge >= 0.3 is 0 Å². The van der Waals surface area contributed by atoms with Gasteiger partial charge in [0.2, 0.25) is 0 Å². The highest BCUT2D eigenvalue weighted by Gasteiger charge is 2.40. The van der Waals surface area contributed by atoms with Crippen LogP contribution in [0.2, 0.25) is 0 Å². The molecule has 0 bridgehead atoms. The number of benzene rings is 2. The van der Waals surface area contributed by atoms with Crippen molar-refractivity contribution in [3.05, 3.63) is 53.1 Å². The van der Waals surface area contributed by atoms with Crippen molar-refractivity contribution in [2.24, 2.45) is 0 Å². The summed E-state index contributed by atoms with van der Waals surface area (Å²) < 4.78 is 16.8. The molecule has 0 radical (unpaired) electrons. The molecule has 3 aliphatic heterocycles. The Hall–Kier alpha value is -3.10. The van der Waals surface area contributed by atoms with E-state index in [1.54, 1.807) is 13.2 Å². The number of hydrogen-bond donors (Lipinski definition) is 0. The largest absolute Gasteiger partial charge is 0.493 e. The van der Waals surface area contributed by atoms with Crippen LogP contribution in [-0.4, -0.2) is 80.8 Å². The molecule has 2 aromatic carbocycles. The average molecular weight is 480 g/mol. The molecule has 0 aromatic heterocycles. The fourth-order valence-corrected chi connectivity index (χ4v) is 5.23. The van der Waals surface area contributed by atoms with Crippen molar-refractivity contribution in [2.45, 2.75) is 32.4 Å². The van der Waals surface area contributed by atoms with Crippen molar-refractivity contribution in [1.82, 2.24) is 9.80 Å². The molecule has 2 aromatic rings. The second kappa shape index (κ2) is 10.3. The molecule has 1 unspecified atom stereocenters. The maximum absolute atomic E-state index is 13.3. The third-order valence-electron chi connectivity index (χ3n) is 7.03. The first-order valence-corrected chi connectivity index (χ1v) is 12.5. The molecule has 3 heterocycles. The van der Waals surface area contributed by atoms with Gasteiger partial charge in [0.15, 0.2) is 11.5 Å². The topological polar surface area (TPSA) is 71.5 Å². The average Bonchev–Trinajstić information content (AvgIpc) is 3.48. The van der Waals surface area contributed by atoms with Gasteiger partial charge in [0.05, 0.1) is 43.2 Å². The lowest BCUT2D eigenvalue weighted by molar-refractivity contribution is 0.0475. The van der Waals surface area contributed by atoms with Crippen LogP contribution in [0.15, 0.2) is 36.4 Å². The highest BCUT2D eigenvalue weighted by Crippen LogP contribution is 2.34. The van der Waals surface area contributed by atoms with Crippen molar-refractivity contribution >= 4 is 17.5 Å². The van der Waals surface area contributed by atoms with E-state index in [1.807, 2.05) is 31.2 Å². The second-order valence-electron chi connectivity index (χ2n) is 9.24. The maximum Gasteiger partial charge on any atom is 0.263 e. The normalized spacial score (nSPS) is 20.5. The van der Waals surface area contributed by atoms with Crippen molar-refractivity contribution in [3.8, 4) is 11.5 Å². The van der Waals surface area contributed by atoms with Gasteiger partial charge in [-0.3, -0.25) is 19.4 Å². The number of methoxy groups -OCH3 is 1. The molecule has 2 fully saturated rings. The van der Waals surface area contributed by atoms with E-state index in [9.17, 15) is 9.59 Å². The van der Waals surface area contributed by atoms with Gasteiger partial charge in [0, 0.05) is 39.3 Å². The van der Waals surface area contributed by atoms with Crippen LogP contribution in [0.25, 0.3) is 0 Å². The zero-order valence-corrected chi connectivity index (χ0v) is 20.5. The molecule has 0 N–H and O–H groups in total. The van der Waals surface area contributed by atoms with E-state index in [0.717, 1.165) is 62.8 Å². The summed E-state index contributed by atoms with van der Waals surface area (Å²) in [6.45, 7) is 7.71. The zero-order chi connectivity index (χ0) is 24.4. The number of anilines is 1. The van der Waals surface area contributed by atoms with E-state index in [0.29, 0.717) is 30.9 Å². The summed E-state index contributed by atoms with van der Waals surface area (Å²) in [7, 11) is 1.65. The molecule has 2 amide bonds. The fraction of sp³-hybridized carbons (Fsp3) is 0.481. The van der Waals surface area contributed by atoms with Crippen LogP contribution in [0, 0.1) is 0 Å². The van der Waals surface area contributed by atoms with Crippen LogP contribution in [0.5, 0.6) is 11.5 Å². The van der Waals surface area contributed by atoms with Crippen molar-refractivity contribution < 1.29 is 23.8 Å². The Morgan fingerprint density at radius 3 is 2.57 bits per heavy atom. The van der Waals surface area contributed by atoms with Gasteiger partial charge in [-0.25, -0.2) is 0 Å². The van der Waals surface area contributed by atoms with Crippen molar-refractivity contribution in [1.29, 1.82) is 0 Å². The van der Waals surface area contributed by atoms with Gasteiger partial charge in [-0.15, -0.1) is 0 Å². The fourth-order valence-electron chi connectivity index (χ4n) is 5.23. The molecular formula is C27H33N3O5. The number of carbonyl (C=O) groups is 2. The molecule has 2 saturated heterocycles. The molecule has 0 spiro atoms. The van der Waals surface area contributed by atoms with Gasteiger partial charge < -0.3 is 19.1 Å². The number of rotatable bonds is 8. The number of carbonyl (C=O) groups excluding carboxylic acids is 2. The van der Waals surface area contributed by atoms with Crippen LogP contribution in [0.1, 0.15) is 46.0 Å². The Balaban J connectivity index is 1.25. The van der Waals surface area contributed by atoms with Crippen molar-refractivity contribution in [2.75, 3.05) is 57.9 Å². The summed E-state index contributed by atoms with van der Waals surface area (Å²) in [6.07, 6.45) is 1.82. The van der Waals surface area contributed by atoms with Gasteiger partial charge in [0.1, 0.15) is 0 Å². The summed E-state index contributed by atoms with van der Waals surface area (Å²) in [5.41, 5.74) is 3.09. The first-order valence-electron chi connectivity index (χ1n) is 12.5. The number of nitrogens with zero attached hydrogens (tertiary/aromatic N) is 3. The van der Waals surface area contributed by atoms with E-state index < -0.39 is 0 Å². The highest BCUT2D eigenvalue weighted by molar-refractivity contribution is 6.23. The summed E-state index contributed by atoms with van der Waals surface area (Å²) in [5.74, 6) is 1.11. The van der Waals surface area contributed by atoms with E-state index >= 15 is 0 Å². The van der Waals surface area contributed by atoms with Crippen LogP contribution in [0.4, 0.5) is 5.69 Å². The third kappa shape index (κ3) is 4.73. The molecule has 0 aliphatic carbocycles. The van der Waals surface area contributed by atoms with E-state index in [4.69, 9.17) is 14.2 Å². The second-order valence-corrected chi connectivity index (χ2v) is 9.24. The molecule has 35 heavy (non-hydrogen) atoms. The Morgan fingerprint density at radius 1 is 1.03 bits per heavy atom. The van der Waals surface area contributed by atoms with E-state index in [1.165, 1.54) is 10.5 Å². The predicted octanol–water partition coefficient (Wildman–Crippen LogP) is 3.19. The minimum atomic E-state index is -0.203. The van der Waals surface area contributed by atoms with Crippen LogP contribution >= 0.6 is 0 Å². The lowest BCUT2D eigenvalue weighted by Crippen LogP contribution is -2.46. The number of piperazine rings is 1. The van der Waals surface area contributed by atoms with E-state index in [-0.39, 0.29) is 17.9 Å².